The largest absolute Gasteiger partial charge is 0.480 e. The Morgan fingerprint density at radius 3 is 2.67 bits per heavy atom. The number of aliphatic carboxylic acids is 1. The van der Waals surface area contributed by atoms with Gasteiger partial charge in [0.15, 0.2) is 0 Å². The number of H-pyrrole nitrogens is 1. The highest BCUT2D eigenvalue weighted by molar-refractivity contribution is 5.85. The van der Waals surface area contributed by atoms with Crippen LogP contribution >= 0.6 is 0 Å². The van der Waals surface area contributed by atoms with Gasteiger partial charge < -0.3 is 20.7 Å². The fourth-order valence-corrected chi connectivity index (χ4v) is 2.27. The van der Waals surface area contributed by atoms with E-state index in [1.807, 2.05) is 49.5 Å². The molecule has 0 aliphatic heterocycles. The van der Waals surface area contributed by atoms with Crippen LogP contribution in [0.15, 0.2) is 30.5 Å². The fraction of sp³-hybridized carbons (Fsp3) is 0.308. The number of carboxylic acids is 1. The summed E-state index contributed by atoms with van der Waals surface area (Å²) in [6, 6.07) is 6.46. The van der Waals surface area contributed by atoms with E-state index in [1.165, 1.54) is 0 Å². The molecule has 2 atom stereocenters. The van der Waals surface area contributed by atoms with Gasteiger partial charge in [0.2, 0.25) is 0 Å². The van der Waals surface area contributed by atoms with Gasteiger partial charge in [0.05, 0.1) is 6.04 Å². The van der Waals surface area contributed by atoms with Gasteiger partial charge in [0.25, 0.3) is 0 Å². The van der Waals surface area contributed by atoms with Gasteiger partial charge in [-0.05, 0) is 25.7 Å². The second kappa shape index (κ2) is 4.80. The molecule has 0 aliphatic carbocycles. The first-order chi connectivity index (χ1) is 8.52. The van der Waals surface area contributed by atoms with Crippen molar-refractivity contribution in [2.75, 3.05) is 14.1 Å². The molecule has 0 spiro atoms. The van der Waals surface area contributed by atoms with Crippen molar-refractivity contribution in [2.24, 2.45) is 5.73 Å². The minimum atomic E-state index is -1.00. The van der Waals surface area contributed by atoms with E-state index in [0.717, 1.165) is 16.5 Å². The van der Waals surface area contributed by atoms with Crippen LogP contribution in [0.1, 0.15) is 11.6 Å². The molecule has 5 heteroatoms. The lowest BCUT2D eigenvalue weighted by Gasteiger charge is -2.27. The second-order valence-corrected chi connectivity index (χ2v) is 4.56. The van der Waals surface area contributed by atoms with Crippen LogP contribution in [-0.2, 0) is 4.79 Å². The monoisotopic (exact) mass is 247 g/mol. The molecule has 0 bridgehead atoms. The van der Waals surface area contributed by atoms with Crippen LogP contribution in [0.25, 0.3) is 10.9 Å². The van der Waals surface area contributed by atoms with Crippen molar-refractivity contribution in [3.8, 4) is 0 Å². The zero-order chi connectivity index (χ0) is 13.3. The minimum absolute atomic E-state index is 0.362. The number of hydrogen-bond donors (Lipinski definition) is 3. The van der Waals surface area contributed by atoms with E-state index >= 15 is 0 Å². The number of para-hydroxylation sites is 1. The molecular weight excluding hydrogens is 230 g/mol. The van der Waals surface area contributed by atoms with E-state index < -0.39 is 12.0 Å². The zero-order valence-corrected chi connectivity index (χ0v) is 10.4. The van der Waals surface area contributed by atoms with Gasteiger partial charge in [-0.1, -0.05) is 18.2 Å². The number of aromatic nitrogens is 1. The number of carboxylic acid groups (broad SMARTS) is 1. The van der Waals surface area contributed by atoms with Crippen LogP contribution in [0, 0.1) is 0 Å². The summed E-state index contributed by atoms with van der Waals surface area (Å²) in [6.07, 6.45) is 1.83. The van der Waals surface area contributed by atoms with Crippen LogP contribution in [0.2, 0.25) is 0 Å². The molecule has 0 saturated carbocycles. The Hall–Kier alpha value is -1.85. The first-order valence-electron chi connectivity index (χ1n) is 5.73. The Kier molecular flexibility index (Phi) is 3.36. The fourth-order valence-electron chi connectivity index (χ4n) is 2.27. The molecular formula is C13H17N3O2. The topological polar surface area (TPSA) is 82.3 Å². The number of aromatic amines is 1. The van der Waals surface area contributed by atoms with Gasteiger partial charge >= 0.3 is 5.97 Å². The highest BCUT2D eigenvalue weighted by Crippen LogP contribution is 2.28. The van der Waals surface area contributed by atoms with E-state index in [1.54, 1.807) is 0 Å². The zero-order valence-electron chi connectivity index (χ0n) is 10.4. The summed E-state index contributed by atoms with van der Waals surface area (Å²) in [5.41, 5.74) is 7.68. The molecule has 1 aromatic heterocycles. The second-order valence-electron chi connectivity index (χ2n) is 4.56. The third-order valence-corrected chi connectivity index (χ3v) is 3.12. The molecule has 0 saturated heterocycles. The smallest absolute Gasteiger partial charge is 0.322 e. The van der Waals surface area contributed by atoms with Crippen LogP contribution in [0.5, 0.6) is 0 Å². The van der Waals surface area contributed by atoms with Crippen molar-refractivity contribution in [3.63, 3.8) is 0 Å². The number of fused-ring (bicyclic) bond motifs is 1. The Balaban J connectivity index is 2.52. The quantitative estimate of drug-likeness (QED) is 0.757. The summed E-state index contributed by atoms with van der Waals surface area (Å²) in [7, 11) is 3.66. The van der Waals surface area contributed by atoms with Crippen molar-refractivity contribution in [1.29, 1.82) is 0 Å². The van der Waals surface area contributed by atoms with Gasteiger partial charge in [0.1, 0.15) is 6.04 Å². The highest BCUT2D eigenvalue weighted by atomic mass is 16.4. The van der Waals surface area contributed by atoms with E-state index in [0.29, 0.717) is 0 Å². The van der Waals surface area contributed by atoms with E-state index in [-0.39, 0.29) is 6.04 Å². The molecule has 4 N–H and O–H groups in total. The van der Waals surface area contributed by atoms with Crippen LogP contribution in [-0.4, -0.2) is 41.1 Å². The molecule has 0 fully saturated rings. The number of rotatable bonds is 4. The highest BCUT2D eigenvalue weighted by Gasteiger charge is 2.29. The van der Waals surface area contributed by atoms with Gasteiger partial charge in [-0.2, -0.15) is 0 Å². The van der Waals surface area contributed by atoms with Gasteiger partial charge in [-0.15, -0.1) is 0 Å². The number of benzene rings is 1. The van der Waals surface area contributed by atoms with Crippen molar-refractivity contribution >= 4 is 16.9 Å². The maximum Gasteiger partial charge on any atom is 0.322 e. The van der Waals surface area contributed by atoms with Crippen LogP contribution in [0.4, 0.5) is 0 Å². The molecule has 18 heavy (non-hydrogen) atoms. The standard InChI is InChI=1S/C13H17N3O2/c1-16(2)12(11(14)13(17)18)9-7-15-10-6-4-3-5-8(9)10/h3-7,11-12,15H,14H2,1-2H3,(H,17,18). The molecule has 2 rings (SSSR count). The maximum absolute atomic E-state index is 11.1. The Morgan fingerprint density at radius 2 is 2.06 bits per heavy atom. The molecule has 2 unspecified atom stereocenters. The van der Waals surface area contributed by atoms with Gasteiger partial charge in [-0.25, -0.2) is 0 Å². The molecule has 2 aromatic rings. The number of nitrogens with zero attached hydrogens (tertiary/aromatic N) is 1. The maximum atomic E-state index is 11.1. The van der Waals surface area contributed by atoms with E-state index in [9.17, 15) is 4.79 Å². The summed E-state index contributed by atoms with van der Waals surface area (Å²) >= 11 is 0. The lowest BCUT2D eigenvalue weighted by Crippen LogP contribution is -2.42. The molecule has 1 aromatic carbocycles. The van der Waals surface area contributed by atoms with Gasteiger partial charge in [-0.3, -0.25) is 4.79 Å². The van der Waals surface area contributed by atoms with E-state index in [4.69, 9.17) is 10.8 Å². The number of nitrogens with two attached hydrogens (primary N) is 1. The Morgan fingerprint density at radius 1 is 1.39 bits per heavy atom. The third kappa shape index (κ3) is 2.10. The van der Waals surface area contributed by atoms with Crippen molar-refractivity contribution in [3.05, 3.63) is 36.0 Å². The first kappa shape index (κ1) is 12.6. The third-order valence-electron chi connectivity index (χ3n) is 3.12. The summed E-state index contributed by atoms with van der Waals surface area (Å²) in [4.78, 5) is 16.1. The summed E-state index contributed by atoms with van der Waals surface area (Å²) in [6.45, 7) is 0. The number of carbonyl (C=O) groups is 1. The SMILES string of the molecule is CN(C)C(c1c[nH]c2ccccc12)C(N)C(=O)O. The summed E-state index contributed by atoms with van der Waals surface area (Å²) < 4.78 is 0. The minimum Gasteiger partial charge on any atom is -0.480 e. The molecule has 0 aliphatic rings. The number of nitrogens with one attached hydrogen (secondary N) is 1. The molecule has 96 valence electrons. The molecule has 5 nitrogen and oxygen atoms in total. The molecule has 0 amide bonds. The van der Waals surface area contributed by atoms with Crippen molar-refractivity contribution < 1.29 is 9.90 Å². The van der Waals surface area contributed by atoms with Crippen molar-refractivity contribution in [1.82, 2.24) is 9.88 Å². The normalized spacial score (nSPS) is 14.9. The predicted molar refractivity (Wildman–Crippen MR) is 70.3 cm³/mol. The van der Waals surface area contributed by atoms with E-state index in [2.05, 4.69) is 4.98 Å². The lowest BCUT2D eigenvalue weighted by atomic mass is 9.98. The molecule has 1 heterocycles. The first-order valence-corrected chi connectivity index (χ1v) is 5.73. The van der Waals surface area contributed by atoms with Crippen LogP contribution < -0.4 is 5.73 Å². The average Bonchev–Trinajstić information content (AvgIpc) is 2.73. The Bertz CT molecular complexity index is 562. The number of hydrogen-bond acceptors (Lipinski definition) is 3. The summed E-state index contributed by atoms with van der Waals surface area (Å²) in [5.74, 6) is -1.00. The average molecular weight is 247 g/mol. The van der Waals surface area contributed by atoms with Crippen molar-refractivity contribution in [2.45, 2.75) is 12.1 Å². The van der Waals surface area contributed by atoms with Crippen LogP contribution in [0.3, 0.4) is 0 Å². The molecule has 0 radical (unpaired) electrons. The lowest BCUT2D eigenvalue weighted by molar-refractivity contribution is -0.140. The number of likely N-dealkylation sites (N-methyl/N-ethyl adjacent to an activating group) is 1. The summed E-state index contributed by atoms with van der Waals surface area (Å²) in [5, 5.41) is 10.1. The Labute approximate surface area is 105 Å². The van der Waals surface area contributed by atoms with Gasteiger partial charge in [0, 0.05) is 17.1 Å². The predicted octanol–water partition coefficient (Wildman–Crippen LogP) is 1.18.